The molecular weight excluding hydrogens is 210 g/mol. The first kappa shape index (κ1) is 12.6. The summed E-state index contributed by atoms with van der Waals surface area (Å²) in [6, 6.07) is 2.23. The number of aromatic nitrogens is 2. The molecule has 2 N–H and O–H groups in total. The summed E-state index contributed by atoms with van der Waals surface area (Å²) < 4.78 is 2.08. The maximum atomic E-state index is 6.49. The van der Waals surface area contributed by atoms with Gasteiger partial charge in [-0.1, -0.05) is 27.2 Å². The molecule has 0 spiro atoms. The number of nitrogens with zero attached hydrogens (tertiary/aromatic N) is 2. The summed E-state index contributed by atoms with van der Waals surface area (Å²) >= 11 is 0. The van der Waals surface area contributed by atoms with Crippen LogP contribution in [0, 0.1) is 11.3 Å². The number of hydrogen-bond acceptors (Lipinski definition) is 2. The van der Waals surface area contributed by atoms with Crippen LogP contribution in [0.2, 0.25) is 0 Å². The van der Waals surface area contributed by atoms with Gasteiger partial charge in [0.1, 0.15) is 0 Å². The SMILES string of the molecule is CCCn1nccc1C(N)C1CCCC1(C)C. The Bertz CT molecular complexity index is 367. The largest absolute Gasteiger partial charge is 0.322 e. The molecule has 0 aliphatic heterocycles. The Morgan fingerprint density at radius 1 is 1.59 bits per heavy atom. The molecule has 0 amide bonds. The Balaban J connectivity index is 2.18. The normalized spacial score (nSPS) is 25.1. The average molecular weight is 235 g/mol. The molecule has 0 saturated heterocycles. The highest BCUT2D eigenvalue weighted by Gasteiger charge is 2.39. The van der Waals surface area contributed by atoms with E-state index in [9.17, 15) is 0 Å². The minimum atomic E-state index is 0.140. The smallest absolute Gasteiger partial charge is 0.0554 e. The van der Waals surface area contributed by atoms with E-state index in [2.05, 4.69) is 36.6 Å². The van der Waals surface area contributed by atoms with Crippen molar-refractivity contribution in [3.05, 3.63) is 18.0 Å². The van der Waals surface area contributed by atoms with E-state index in [-0.39, 0.29) is 6.04 Å². The van der Waals surface area contributed by atoms with Crippen molar-refractivity contribution in [1.82, 2.24) is 9.78 Å². The van der Waals surface area contributed by atoms with Crippen molar-refractivity contribution < 1.29 is 0 Å². The van der Waals surface area contributed by atoms with Gasteiger partial charge in [0, 0.05) is 12.7 Å². The molecule has 2 atom stereocenters. The van der Waals surface area contributed by atoms with Gasteiger partial charge in [0.25, 0.3) is 0 Å². The second-order valence-corrected chi connectivity index (χ2v) is 5.99. The molecule has 0 radical (unpaired) electrons. The Morgan fingerprint density at radius 2 is 2.35 bits per heavy atom. The first-order chi connectivity index (χ1) is 8.06. The van der Waals surface area contributed by atoms with Crippen molar-refractivity contribution >= 4 is 0 Å². The standard InChI is InChI=1S/C14H25N3/c1-4-10-17-12(7-9-16-17)13(15)11-6-5-8-14(11,2)3/h7,9,11,13H,4-6,8,10,15H2,1-3H3. The zero-order valence-electron chi connectivity index (χ0n) is 11.3. The van der Waals surface area contributed by atoms with Gasteiger partial charge in [0.2, 0.25) is 0 Å². The number of aryl methyl sites for hydroxylation is 1. The van der Waals surface area contributed by atoms with Crippen LogP contribution in [0.3, 0.4) is 0 Å². The van der Waals surface area contributed by atoms with Gasteiger partial charge in [-0.3, -0.25) is 4.68 Å². The van der Waals surface area contributed by atoms with Crippen molar-refractivity contribution in [2.75, 3.05) is 0 Å². The molecule has 0 aromatic carbocycles. The minimum absolute atomic E-state index is 0.140. The van der Waals surface area contributed by atoms with Gasteiger partial charge < -0.3 is 5.73 Å². The molecule has 0 bridgehead atoms. The fourth-order valence-electron chi connectivity index (χ4n) is 3.25. The highest BCUT2D eigenvalue weighted by Crippen LogP contribution is 2.47. The molecule has 1 fully saturated rings. The van der Waals surface area contributed by atoms with Gasteiger partial charge >= 0.3 is 0 Å². The first-order valence-electron chi connectivity index (χ1n) is 6.83. The predicted molar refractivity (Wildman–Crippen MR) is 70.6 cm³/mol. The third-order valence-corrected chi connectivity index (χ3v) is 4.30. The molecule has 17 heavy (non-hydrogen) atoms. The molecule has 3 heteroatoms. The van der Waals surface area contributed by atoms with Crippen molar-refractivity contribution in [2.45, 2.75) is 59.0 Å². The van der Waals surface area contributed by atoms with Gasteiger partial charge in [-0.25, -0.2) is 0 Å². The van der Waals surface area contributed by atoms with Crippen LogP contribution in [0.4, 0.5) is 0 Å². The Morgan fingerprint density at radius 3 is 2.94 bits per heavy atom. The van der Waals surface area contributed by atoms with Crippen LogP contribution in [-0.4, -0.2) is 9.78 Å². The summed E-state index contributed by atoms with van der Waals surface area (Å²) in [5.41, 5.74) is 8.08. The summed E-state index contributed by atoms with van der Waals surface area (Å²) in [6.07, 6.45) is 6.86. The lowest BCUT2D eigenvalue weighted by molar-refractivity contribution is 0.216. The van der Waals surface area contributed by atoms with E-state index in [1.807, 2.05) is 6.20 Å². The van der Waals surface area contributed by atoms with Gasteiger partial charge in [-0.15, -0.1) is 0 Å². The van der Waals surface area contributed by atoms with Gasteiger partial charge in [-0.2, -0.15) is 5.10 Å². The van der Waals surface area contributed by atoms with E-state index in [0.29, 0.717) is 11.3 Å². The number of hydrogen-bond donors (Lipinski definition) is 1. The average Bonchev–Trinajstić information content (AvgIpc) is 2.84. The van der Waals surface area contributed by atoms with E-state index in [0.717, 1.165) is 13.0 Å². The summed E-state index contributed by atoms with van der Waals surface area (Å²) in [4.78, 5) is 0. The van der Waals surface area contributed by atoms with Crippen LogP contribution in [0.25, 0.3) is 0 Å². The Kier molecular flexibility index (Phi) is 3.57. The van der Waals surface area contributed by atoms with Gasteiger partial charge in [0.05, 0.1) is 11.7 Å². The molecule has 1 saturated carbocycles. The first-order valence-corrected chi connectivity index (χ1v) is 6.83. The van der Waals surface area contributed by atoms with Crippen LogP contribution in [-0.2, 0) is 6.54 Å². The quantitative estimate of drug-likeness (QED) is 0.871. The summed E-state index contributed by atoms with van der Waals surface area (Å²) in [7, 11) is 0. The second kappa shape index (κ2) is 4.81. The summed E-state index contributed by atoms with van der Waals surface area (Å²) in [6.45, 7) is 7.86. The third-order valence-electron chi connectivity index (χ3n) is 4.30. The zero-order valence-corrected chi connectivity index (χ0v) is 11.3. The molecule has 96 valence electrons. The molecule has 1 aliphatic rings. The maximum Gasteiger partial charge on any atom is 0.0554 e. The van der Waals surface area contributed by atoms with Crippen LogP contribution in [0.1, 0.15) is 58.2 Å². The topological polar surface area (TPSA) is 43.8 Å². The molecule has 1 aromatic rings. The fourth-order valence-corrected chi connectivity index (χ4v) is 3.25. The molecule has 2 unspecified atom stereocenters. The highest BCUT2D eigenvalue weighted by molar-refractivity contribution is 5.10. The molecule has 1 aromatic heterocycles. The maximum absolute atomic E-state index is 6.49. The van der Waals surface area contributed by atoms with Crippen LogP contribution >= 0.6 is 0 Å². The van der Waals surface area contributed by atoms with E-state index >= 15 is 0 Å². The van der Waals surface area contributed by atoms with E-state index in [1.54, 1.807) is 0 Å². The lowest BCUT2D eigenvalue weighted by atomic mass is 9.77. The van der Waals surface area contributed by atoms with E-state index in [4.69, 9.17) is 5.73 Å². The Labute approximate surface area is 104 Å². The van der Waals surface area contributed by atoms with Crippen LogP contribution in [0.5, 0.6) is 0 Å². The summed E-state index contributed by atoms with van der Waals surface area (Å²) in [5, 5.41) is 4.38. The molecule has 3 nitrogen and oxygen atoms in total. The fraction of sp³-hybridized carbons (Fsp3) is 0.786. The second-order valence-electron chi connectivity index (χ2n) is 5.99. The minimum Gasteiger partial charge on any atom is -0.322 e. The summed E-state index contributed by atoms with van der Waals surface area (Å²) in [5.74, 6) is 0.592. The van der Waals surface area contributed by atoms with Gasteiger partial charge in [0.15, 0.2) is 0 Å². The number of rotatable bonds is 4. The van der Waals surface area contributed by atoms with E-state index < -0.39 is 0 Å². The van der Waals surface area contributed by atoms with Gasteiger partial charge in [-0.05, 0) is 36.7 Å². The van der Waals surface area contributed by atoms with Crippen LogP contribution < -0.4 is 5.73 Å². The molecule has 2 rings (SSSR count). The van der Waals surface area contributed by atoms with E-state index in [1.165, 1.54) is 25.0 Å². The molecule has 1 heterocycles. The Hall–Kier alpha value is -0.830. The van der Waals surface area contributed by atoms with Crippen molar-refractivity contribution in [1.29, 1.82) is 0 Å². The highest BCUT2D eigenvalue weighted by atomic mass is 15.3. The predicted octanol–water partition coefficient (Wildman–Crippen LogP) is 3.12. The lowest BCUT2D eigenvalue weighted by Crippen LogP contribution is -2.31. The monoisotopic (exact) mass is 235 g/mol. The molecular formula is C14H25N3. The van der Waals surface area contributed by atoms with Crippen molar-refractivity contribution in [3.63, 3.8) is 0 Å². The van der Waals surface area contributed by atoms with Crippen molar-refractivity contribution in [2.24, 2.45) is 17.1 Å². The van der Waals surface area contributed by atoms with Crippen molar-refractivity contribution in [3.8, 4) is 0 Å². The lowest BCUT2D eigenvalue weighted by Gasteiger charge is -2.32. The number of nitrogens with two attached hydrogens (primary N) is 1. The molecule has 1 aliphatic carbocycles. The third kappa shape index (κ3) is 2.39. The van der Waals surface area contributed by atoms with Crippen LogP contribution in [0.15, 0.2) is 12.3 Å². The zero-order chi connectivity index (χ0) is 12.5.